The molecule has 0 aliphatic carbocycles. The van der Waals surface area contributed by atoms with E-state index in [-0.39, 0.29) is 17.7 Å². The summed E-state index contributed by atoms with van der Waals surface area (Å²) in [5.74, 6) is -0.219. The highest BCUT2D eigenvalue weighted by Gasteiger charge is 2.33. The van der Waals surface area contributed by atoms with Crippen LogP contribution in [0.1, 0.15) is 12.8 Å². The number of hydrogen-bond donors (Lipinski definition) is 1. The van der Waals surface area contributed by atoms with Crippen LogP contribution in [0.2, 0.25) is 0 Å². The third kappa shape index (κ3) is 4.56. The fraction of sp³-hybridized carbons (Fsp3) is 0.500. The number of likely N-dealkylation sites (tertiary alicyclic amines) is 1. The van der Waals surface area contributed by atoms with Crippen LogP contribution in [0, 0.1) is 5.92 Å². The molecule has 2 rings (SSSR count). The minimum Gasteiger partial charge on any atom is -0.342 e. The SMILES string of the molecule is CN(C)CCCN1CC(C(=O)Nc2ccccc2)CC1=O. The highest BCUT2D eigenvalue weighted by molar-refractivity contribution is 5.97. The zero-order valence-electron chi connectivity index (χ0n) is 12.7. The van der Waals surface area contributed by atoms with Crippen molar-refractivity contribution in [2.75, 3.05) is 39.0 Å². The monoisotopic (exact) mass is 289 g/mol. The van der Waals surface area contributed by atoms with Crippen molar-refractivity contribution in [1.82, 2.24) is 9.80 Å². The molecule has 21 heavy (non-hydrogen) atoms. The quantitative estimate of drug-likeness (QED) is 0.862. The maximum Gasteiger partial charge on any atom is 0.229 e. The van der Waals surface area contributed by atoms with Gasteiger partial charge in [-0.3, -0.25) is 9.59 Å². The topological polar surface area (TPSA) is 52.6 Å². The first-order valence-corrected chi connectivity index (χ1v) is 7.34. The molecule has 1 aliphatic rings. The Bertz CT molecular complexity index is 488. The lowest BCUT2D eigenvalue weighted by molar-refractivity contribution is -0.128. The molecule has 5 nitrogen and oxygen atoms in total. The summed E-state index contributed by atoms with van der Waals surface area (Å²) in [5.41, 5.74) is 0.779. The summed E-state index contributed by atoms with van der Waals surface area (Å²) in [5, 5.41) is 2.87. The number of amides is 2. The standard InChI is InChI=1S/C16H23N3O2/c1-18(2)9-6-10-19-12-13(11-15(19)20)16(21)17-14-7-4-3-5-8-14/h3-5,7-8,13H,6,9-12H2,1-2H3,(H,17,21). The number of benzene rings is 1. The lowest BCUT2D eigenvalue weighted by atomic mass is 10.1. The van der Waals surface area contributed by atoms with Gasteiger partial charge >= 0.3 is 0 Å². The van der Waals surface area contributed by atoms with Gasteiger partial charge in [-0.2, -0.15) is 0 Å². The van der Waals surface area contributed by atoms with Gasteiger partial charge in [0.15, 0.2) is 0 Å². The molecule has 1 aliphatic heterocycles. The molecule has 0 bridgehead atoms. The normalized spacial score (nSPS) is 18.3. The average Bonchev–Trinajstić information content (AvgIpc) is 2.81. The fourth-order valence-electron chi connectivity index (χ4n) is 2.51. The molecule has 1 saturated heterocycles. The molecule has 1 aromatic rings. The summed E-state index contributed by atoms with van der Waals surface area (Å²) < 4.78 is 0. The van der Waals surface area contributed by atoms with Crippen LogP contribution in [0.4, 0.5) is 5.69 Å². The van der Waals surface area contributed by atoms with E-state index in [4.69, 9.17) is 0 Å². The number of para-hydroxylation sites is 1. The van der Waals surface area contributed by atoms with E-state index in [0.717, 1.165) is 25.2 Å². The zero-order chi connectivity index (χ0) is 15.2. The molecule has 0 saturated carbocycles. The summed E-state index contributed by atoms with van der Waals surface area (Å²) in [6, 6.07) is 9.36. The van der Waals surface area contributed by atoms with Gasteiger partial charge in [-0.05, 0) is 39.2 Å². The lowest BCUT2D eigenvalue weighted by Gasteiger charge is -2.18. The molecule has 114 valence electrons. The summed E-state index contributed by atoms with van der Waals surface area (Å²) in [6.07, 6.45) is 1.26. The molecule has 0 spiro atoms. The van der Waals surface area contributed by atoms with E-state index in [2.05, 4.69) is 10.2 Å². The summed E-state index contributed by atoms with van der Waals surface area (Å²) in [4.78, 5) is 28.0. The van der Waals surface area contributed by atoms with Crippen LogP contribution < -0.4 is 5.32 Å². The lowest BCUT2D eigenvalue weighted by Crippen LogP contribution is -2.30. The first-order valence-electron chi connectivity index (χ1n) is 7.34. The second-order valence-electron chi connectivity index (χ2n) is 5.75. The second-order valence-corrected chi connectivity index (χ2v) is 5.75. The highest BCUT2D eigenvalue weighted by atomic mass is 16.2. The van der Waals surface area contributed by atoms with Crippen LogP contribution in [-0.2, 0) is 9.59 Å². The van der Waals surface area contributed by atoms with Crippen LogP contribution in [0.5, 0.6) is 0 Å². The minimum absolute atomic E-state index is 0.0651. The molecular formula is C16H23N3O2. The molecule has 1 heterocycles. The van der Waals surface area contributed by atoms with Crippen LogP contribution in [0.15, 0.2) is 30.3 Å². The third-order valence-electron chi connectivity index (χ3n) is 3.66. The van der Waals surface area contributed by atoms with E-state index < -0.39 is 0 Å². The van der Waals surface area contributed by atoms with Gasteiger partial charge in [-0.15, -0.1) is 0 Å². The summed E-state index contributed by atoms with van der Waals surface area (Å²) in [7, 11) is 4.03. The van der Waals surface area contributed by atoms with Crippen molar-refractivity contribution in [2.24, 2.45) is 5.92 Å². The van der Waals surface area contributed by atoms with Crippen molar-refractivity contribution in [3.05, 3.63) is 30.3 Å². The summed E-state index contributed by atoms with van der Waals surface area (Å²) in [6.45, 7) is 2.21. The smallest absolute Gasteiger partial charge is 0.229 e. The molecule has 1 atom stereocenters. The Hall–Kier alpha value is -1.88. The predicted octanol–water partition coefficient (Wildman–Crippen LogP) is 1.43. The van der Waals surface area contributed by atoms with E-state index >= 15 is 0 Å². The Morgan fingerprint density at radius 1 is 1.33 bits per heavy atom. The van der Waals surface area contributed by atoms with Crippen LogP contribution in [-0.4, -0.2) is 55.3 Å². The molecule has 2 amide bonds. The van der Waals surface area contributed by atoms with Gasteiger partial charge in [0.1, 0.15) is 0 Å². The van der Waals surface area contributed by atoms with Gasteiger partial charge in [0, 0.05) is 25.2 Å². The Kier molecular flexibility index (Phi) is 5.33. The zero-order valence-corrected chi connectivity index (χ0v) is 12.7. The number of nitrogens with one attached hydrogen (secondary N) is 1. The highest BCUT2D eigenvalue weighted by Crippen LogP contribution is 2.20. The van der Waals surface area contributed by atoms with Gasteiger partial charge in [0.25, 0.3) is 0 Å². The number of hydrogen-bond acceptors (Lipinski definition) is 3. The van der Waals surface area contributed by atoms with Gasteiger partial charge in [-0.25, -0.2) is 0 Å². The van der Waals surface area contributed by atoms with Gasteiger partial charge in [0.05, 0.1) is 5.92 Å². The third-order valence-corrected chi connectivity index (χ3v) is 3.66. The number of nitrogens with zero attached hydrogens (tertiary/aromatic N) is 2. The van der Waals surface area contributed by atoms with Crippen LogP contribution in [0.3, 0.4) is 0 Å². The Morgan fingerprint density at radius 3 is 2.71 bits per heavy atom. The predicted molar refractivity (Wildman–Crippen MR) is 82.9 cm³/mol. The van der Waals surface area contributed by atoms with E-state index in [1.807, 2.05) is 44.4 Å². The number of carbonyl (C=O) groups is 2. The maximum atomic E-state index is 12.2. The fourth-order valence-corrected chi connectivity index (χ4v) is 2.51. The van der Waals surface area contributed by atoms with Crippen molar-refractivity contribution in [3.8, 4) is 0 Å². The number of rotatable bonds is 6. The van der Waals surface area contributed by atoms with Gasteiger partial charge in [0.2, 0.25) is 11.8 Å². The Morgan fingerprint density at radius 2 is 2.05 bits per heavy atom. The average molecular weight is 289 g/mol. The van der Waals surface area contributed by atoms with E-state index in [9.17, 15) is 9.59 Å². The first-order chi connectivity index (χ1) is 10.1. The van der Waals surface area contributed by atoms with Crippen molar-refractivity contribution in [3.63, 3.8) is 0 Å². The maximum absolute atomic E-state index is 12.2. The van der Waals surface area contributed by atoms with Gasteiger partial charge < -0.3 is 15.1 Å². The number of anilines is 1. The molecule has 1 N–H and O–H groups in total. The van der Waals surface area contributed by atoms with Gasteiger partial charge in [-0.1, -0.05) is 18.2 Å². The number of carbonyl (C=O) groups excluding carboxylic acids is 2. The summed E-state index contributed by atoms with van der Waals surface area (Å²) >= 11 is 0. The van der Waals surface area contributed by atoms with Crippen molar-refractivity contribution < 1.29 is 9.59 Å². The van der Waals surface area contributed by atoms with E-state index in [1.165, 1.54) is 0 Å². The Labute approximate surface area is 125 Å². The van der Waals surface area contributed by atoms with Crippen LogP contribution in [0.25, 0.3) is 0 Å². The molecule has 5 heteroatoms. The first kappa shape index (κ1) is 15.5. The Balaban J connectivity index is 1.82. The van der Waals surface area contributed by atoms with E-state index in [0.29, 0.717) is 13.0 Å². The second kappa shape index (κ2) is 7.22. The van der Waals surface area contributed by atoms with Crippen LogP contribution >= 0.6 is 0 Å². The molecule has 1 aromatic carbocycles. The molecule has 1 fully saturated rings. The van der Waals surface area contributed by atoms with Crippen molar-refractivity contribution in [2.45, 2.75) is 12.8 Å². The minimum atomic E-state index is -0.239. The molecular weight excluding hydrogens is 266 g/mol. The molecule has 0 radical (unpaired) electrons. The van der Waals surface area contributed by atoms with Crippen molar-refractivity contribution >= 4 is 17.5 Å². The largest absolute Gasteiger partial charge is 0.342 e. The molecule has 1 unspecified atom stereocenters. The van der Waals surface area contributed by atoms with Crippen molar-refractivity contribution in [1.29, 1.82) is 0 Å². The van der Waals surface area contributed by atoms with E-state index in [1.54, 1.807) is 4.90 Å². The molecule has 0 aromatic heterocycles.